The third-order valence-corrected chi connectivity index (χ3v) is 3.69. The van der Waals surface area contributed by atoms with Crippen LogP contribution in [0.15, 0.2) is 54.9 Å². The van der Waals surface area contributed by atoms with Gasteiger partial charge in [-0.15, -0.1) is 0 Å². The van der Waals surface area contributed by atoms with Gasteiger partial charge < -0.3 is 4.74 Å². The summed E-state index contributed by atoms with van der Waals surface area (Å²) in [6.45, 7) is 3.52. The second-order valence-electron chi connectivity index (χ2n) is 5.54. The van der Waals surface area contributed by atoms with Crippen LogP contribution < -0.4 is 0 Å². The molecule has 0 saturated carbocycles. The van der Waals surface area contributed by atoms with Crippen molar-refractivity contribution in [2.75, 3.05) is 0 Å². The minimum atomic E-state index is -0.863. The van der Waals surface area contributed by atoms with Crippen molar-refractivity contribution >= 4 is 22.8 Å². The first-order valence-electron chi connectivity index (χ1n) is 7.57. The topological polar surface area (TPSA) is 69.2 Å². The Kier molecular flexibility index (Phi) is 4.33. The largest absolute Gasteiger partial charge is 0.451 e. The van der Waals surface area contributed by atoms with Crippen molar-refractivity contribution in [3.05, 3.63) is 71.5 Å². The summed E-state index contributed by atoms with van der Waals surface area (Å²) in [5.41, 5.74) is 3.22. The van der Waals surface area contributed by atoms with Gasteiger partial charge in [-0.1, -0.05) is 29.8 Å². The molecule has 0 aliphatic carbocycles. The van der Waals surface area contributed by atoms with E-state index >= 15 is 0 Å². The van der Waals surface area contributed by atoms with E-state index in [1.165, 1.54) is 0 Å². The number of Topliss-reactive ketones (excluding diaryl/α,β-unsaturated/α-hetero) is 1. The number of esters is 1. The summed E-state index contributed by atoms with van der Waals surface area (Å²) < 4.78 is 5.30. The fourth-order valence-corrected chi connectivity index (χ4v) is 2.32. The molecule has 0 saturated heterocycles. The van der Waals surface area contributed by atoms with E-state index in [2.05, 4.69) is 9.97 Å². The predicted molar refractivity (Wildman–Crippen MR) is 89.9 cm³/mol. The molecule has 0 radical (unpaired) electrons. The zero-order valence-corrected chi connectivity index (χ0v) is 13.4. The van der Waals surface area contributed by atoms with Gasteiger partial charge in [0, 0.05) is 18.0 Å². The molecule has 0 aliphatic heterocycles. The molecule has 5 nitrogen and oxygen atoms in total. The number of carbonyl (C=O) groups is 2. The Morgan fingerprint density at radius 2 is 1.54 bits per heavy atom. The molecule has 3 aromatic rings. The van der Waals surface area contributed by atoms with E-state index in [0.29, 0.717) is 22.2 Å². The van der Waals surface area contributed by atoms with E-state index in [-0.39, 0.29) is 5.78 Å². The molecule has 5 heteroatoms. The summed E-state index contributed by atoms with van der Waals surface area (Å²) in [4.78, 5) is 32.9. The van der Waals surface area contributed by atoms with Crippen LogP contribution in [0.2, 0.25) is 0 Å². The zero-order chi connectivity index (χ0) is 17.1. The minimum absolute atomic E-state index is 0.232. The number of hydrogen-bond donors (Lipinski definition) is 0. The maximum absolute atomic E-state index is 12.3. The normalized spacial score (nSPS) is 11.9. The number of fused-ring (bicyclic) bond motifs is 1. The predicted octanol–water partition coefficient (Wildman–Crippen LogP) is 3.37. The molecule has 1 atom stereocenters. The lowest BCUT2D eigenvalue weighted by Crippen LogP contribution is -2.24. The SMILES string of the molecule is Cc1ccc(C(=O)[C@H](C)OC(=O)c2ccc3nccnc3c2)cc1. The molecule has 0 amide bonds. The fourth-order valence-electron chi connectivity index (χ4n) is 2.32. The molecule has 0 N–H and O–H groups in total. The number of nitrogens with zero attached hydrogens (tertiary/aromatic N) is 2. The molecule has 1 heterocycles. The highest BCUT2D eigenvalue weighted by atomic mass is 16.5. The van der Waals surface area contributed by atoms with Crippen LogP contribution in [-0.2, 0) is 4.74 Å². The number of aryl methyl sites for hydroxylation is 1. The number of benzene rings is 2. The molecule has 0 bridgehead atoms. The van der Waals surface area contributed by atoms with Gasteiger partial charge in [-0.2, -0.15) is 0 Å². The van der Waals surface area contributed by atoms with E-state index in [0.717, 1.165) is 5.56 Å². The lowest BCUT2D eigenvalue weighted by atomic mass is 10.1. The van der Waals surface area contributed by atoms with Gasteiger partial charge in [-0.3, -0.25) is 14.8 Å². The standard InChI is InChI=1S/C19H16N2O3/c1-12-3-5-14(6-4-12)18(22)13(2)24-19(23)15-7-8-16-17(11-15)21-10-9-20-16/h3-11,13H,1-2H3/t13-/m0/s1. The van der Waals surface area contributed by atoms with Crippen LogP contribution >= 0.6 is 0 Å². The molecule has 3 rings (SSSR count). The van der Waals surface area contributed by atoms with Crippen molar-refractivity contribution in [1.29, 1.82) is 0 Å². The monoisotopic (exact) mass is 320 g/mol. The van der Waals surface area contributed by atoms with Crippen LogP contribution in [0.1, 0.15) is 33.2 Å². The summed E-state index contributed by atoms with van der Waals surface area (Å²) in [6.07, 6.45) is 2.28. The first-order valence-corrected chi connectivity index (χ1v) is 7.57. The van der Waals surface area contributed by atoms with Gasteiger partial charge in [-0.25, -0.2) is 4.79 Å². The average molecular weight is 320 g/mol. The molecular weight excluding hydrogens is 304 g/mol. The fraction of sp³-hybridized carbons (Fsp3) is 0.158. The second-order valence-corrected chi connectivity index (χ2v) is 5.54. The Labute approximate surface area is 139 Å². The van der Waals surface area contributed by atoms with Crippen LogP contribution in [0, 0.1) is 6.92 Å². The average Bonchev–Trinajstić information content (AvgIpc) is 2.61. The van der Waals surface area contributed by atoms with Crippen molar-refractivity contribution < 1.29 is 14.3 Å². The maximum atomic E-state index is 12.3. The summed E-state index contributed by atoms with van der Waals surface area (Å²) in [7, 11) is 0. The Balaban J connectivity index is 1.75. The van der Waals surface area contributed by atoms with Gasteiger partial charge in [0.2, 0.25) is 5.78 Å². The second kappa shape index (κ2) is 6.58. The minimum Gasteiger partial charge on any atom is -0.451 e. The smallest absolute Gasteiger partial charge is 0.338 e. The zero-order valence-electron chi connectivity index (χ0n) is 13.4. The maximum Gasteiger partial charge on any atom is 0.338 e. The Bertz CT molecular complexity index is 904. The van der Waals surface area contributed by atoms with Gasteiger partial charge in [0.15, 0.2) is 6.10 Å². The Hall–Kier alpha value is -3.08. The molecule has 0 spiro atoms. The van der Waals surface area contributed by atoms with Crippen LogP contribution in [0.4, 0.5) is 0 Å². The lowest BCUT2D eigenvalue weighted by Gasteiger charge is -2.12. The van der Waals surface area contributed by atoms with E-state index in [1.54, 1.807) is 49.6 Å². The highest BCUT2D eigenvalue weighted by molar-refractivity contribution is 6.01. The molecule has 0 aliphatic rings. The Morgan fingerprint density at radius 3 is 2.25 bits per heavy atom. The van der Waals surface area contributed by atoms with E-state index in [1.807, 2.05) is 19.1 Å². The molecule has 120 valence electrons. The quantitative estimate of drug-likeness (QED) is 0.544. The number of ketones is 1. The first-order chi connectivity index (χ1) is 11.5. The van der Waals surface area contributed by atoms with Crippen LogP contribution in [0.5, 0.6) is 0 Å². The summed E-state index contributed by atoms with van der Waals surface area (Å²) in [6, 6.07) is 12.1. The van der Waals surface area contributed by atoms with Gasteiger partial charge in [0.1, 0.15) is 0 Å². The van der Waals surface area contributed by atoms with E-state index in [9.17, 15) is 9.59 Å². The number of aromatic nitrogens is 2. The third-order valence-electron chi connectivity index (χ3n) is 3.69. The van der Waals surface area contributed by atoms with Crippen molar-refractivity contribution in [1.82, 2.24) is 9.97 Å². The van der Waals surface area contributed by atoms with Gasteiger partial charge in [0.05, 0.1) is 16.6 Å². The van der Waals surface area contributed by atoms with Crippen LogP contribution in [0.25, 0.3) is 11.0 Å². The molecule has 2 aromatic carbocycles. The molecular formula is C19H16N2O3. The number of hydrogen-bond acceptors (Lipinski definition) is 5. The third kappa shape index (κ3) is 3.30. The molecule has 1 aromatic heterocycles. The van der Waals surface area contributed by atoms with Crippen molar-refractivity contribution in [3.8, 4) is 0 Å². The van der Waals surface area contributed by atoms with Gasteiger partial charge in [-0.05, 0) is 32.0 Å². The summed E-state index contributed by atoms with van der Waals surface area (Å²) in [5.74, 6) is -0.792. The summed E-state index contributed by atoms with van der Waals surface area (Å²) in [5, 5.41) is 0. The van der Waals surface area contributed by atoms with Crippen molar-refractivity contribution in [2.24, 2.45) is 0 Å². The molecule has 24 heavy (non-hydrogen) atoms. The van der Waals surface area contributed by atoms with Crippen LogP contribution in [0.3, 0.4) is 0 Å². The van der Waals surface area contributed by atoms with Crippen molar-refractivity contribution in [2.45, 2.75) is 20.0 Å². The first kappa shape index (κ1) is 15.8. The molecule has 0 fully saturated rings. The van der Waals surface area contributed by atoms with Crippen LogP contribution in [-0.4, -0.2) is 27.8 Å². The van der Waals surface area contributed by atoms with Gasteiger partial charge >= 0.3 is 5.97 Å². The number of carbonyl (C=O) groups excluding carboxylic acids is 2. The highest BCUT2D eigenvalue weighted by Gasteiger charge is 2.20. The van der Waals surface area contributed by atoms with E-state index < -0.39 is 12.1 Å². The number of rotatable bonds is 4. The Morgan fingerprint density at radius 1 is 0.917 bits per heavy atom. The summed E-state index contributed by atoms with van der Waals surface area (Å²) >= 11 is 0. The highest BCUT2D eigenvalue weighted by Crippen LogP contribution is 2.14. The van der Waals surface area contributed by atoms with Crippen molar-refractivity contribution in [3.63, 3.8) is 0 Å². The lowest BCUT2D eigenvalue weighted by molar-refractivity contribution is 0.0319. The van der Waals surface area contributed by atoms with E-state index in [4.69, 9.17) is 4.74 Å². The number of ether oxygens (including phenoxy) is 1. The molecule has 0 unspecified atom stereocenters. The van der Waals surface area contributed by atoms with Gasteiger partial charge in [0.25, 0.3) is 0 Å².